The fraction of sp³-hybridized carbons (Fsp3) is 0.400. The van der Waals surface area contributed by atoms with Crippen LogP contribution in [0.15, 0.2) is 35.2 Å². The summed E-state index contributed by atoms with van der Waals surface area (Å²) in [5, 5.41) is 10.6. The molecule has 0 spiro atoms. The molecule has 7 heteroatoms. The van der Waals surface area contributed by atoms with Gasteiger partial charge in [0.15, 0.2) is 0 Å². The number of anilines is 1. The smallest absolute Gasteiger partial charge is 0.228 e. The van der Waals surface area contributed by atoms with Gasteiger partial charge < -0.3 is 10.2 Å². The van der Waals surface area contributed by atoms with Crippen LogP contribution < -0.4 is 10.5 Å². The number of nitrogens with zero attached hydrogens (tertiary/aromatic N) is 1. The number of hydrogen-bond acceptors (Lipinski definition) is 3. The summed E-state index contributed by atoms with van der Waals surface area (Å²) in [5.74, 6) is -0.206. The van der Waals surface area contributed by atoms with Crippen LogP contribution in [0.25, 0.3) is 0 Å². The van der Waals surface area contributed by atoms with Crippen LogP contribution in [0.5, 0.6) is 0 Å². The molecule has 0 radical (unpaired) electrons. The van der Waals surface area contributed by atoms with Crippen molar-refractivity contribution in [3.63, 3.8) is 0 Å². The number of aryl methyl sites for hydroxylation is 2. The zero-order chi connectivity index (χ0) is 22.9. The van der Waals surface area contributed by atoms with Gasteiger partial charge in [-0.3, -0.25) is 14.7 Å². The maximum Gasteiger partial charge on any atom is 0.228 e. The summed E-state index contributed by atoms with van der Waals surface area (Å²) in [6.45, 7) is 1.98. The molecule has 1 atom stereocenters. The van der Waals surface area contributed by atoms with E-state index >= 15 is 0 Å². The highest BCUT2D eigenvalue weighted by Crippen LogP contribution is 2.38. The van der Waals surface area contributed by atoms with Crippen molar-refractivity contribution in [3.05, 3.63) is 58.1 Å². The highest BCUT2D eigenvalue weighted by atomic mass is 32.2. The van der Waals surface area contributed by atoms with Crippen molar-refractivity contribution in [2.45, 2.75) is 63.3 Å². The zero-order valence-electron chi connectivity index (χ0n) is 18.8. The number of nitrogens with two attached hydrogens (primary N) is 1. The maximum absolute atomic E-state index is 13.0. The predicted octanol–water partition coefficient (Wildman–Crippen LogP) is 2.99. The highest BCUT2D eigenvalue weighted by molar-refractivity contribution is 7.99. The molecule has 6 nitrogen and oxygen atoms in total. The van der Waals surface area contributed by atoms with Crippen LogP contribution in [-0.4, -0.2) is 33.3 Å². The minimum atomic E-state index is -2.95. The second-order valence-corrected chi connectivity index (χ2v) is 10.9. The van der Waals surface area contributed by atoms with Gasteiger partial charge in [0.2, 0.25) is 11.8 Å². The van der Waals surface area contributed by atoms with E-state index in [-0.39, 0.29) is 18.2 Å². The van der Waals surface area contributed by atoms with E-state index in [4.69, 9.17) is 5.14 Å². The van der Waals surface area contributed by atoms with Crippen molar-refractivity contribution in [1.29, 1.82) is 0 Å². The molecule has 3 N–H and O–H groups in total. The Balaban J connectivity index is 1.47. The van der Waals surface area contributed by atoms with Crippen LogP contribution in [0.4, 0.5) is 5.69 Å². The van der Waals surface area contributed by atoms with Crippen molar-refractivity contribution in [1.82, 2.24) is 4.90 Å². The van der Waals surface area contributed by atoms with Crippen LogP contribution in [-0.2, 0) is 51.5 Å². The number of nitrogens with one attached hydrogen (secondary N) is 1. The van der Waals surface area contributed by atoms with Crippen LogP contribution >= 0.6 is 0 Å². The van der Waals surface area contributed by atoms with Gasteiger partial charge in [-0.25, -0.2) is 4.21 Å². The van der Waals surface area contributed by atoms with E-state index in [1.54, 1.807) is 24.1 Å². The average molecular weight is 454 g/mol. The summed E-state index contributed by atoms with van der Waals surface area (Å²) in [6, 6.07) is 9.36. The van der Waals surface area contributed by atoms with Gasteiger partial charge >= 0.3 is 0 Å². The molecular weight excluding hydrogens is 422 g/mol. The van der Waals surface area contributed by atoms with E-state index < -0.39 is 9.71 Å². The first kappa shape index (κ1) is 22.6. The van der Waals surface area contributed by atoms with Gasteiger partial charge in [-0.15, -0.1) is 0 Å². The lowest BCUT2D eigenvalue weighted by Gasteiger charge is -2.16. The highest BCUT2D eigenvalue weighted by Gasteiger charge is 2.24. The molecule has 1 unspecified atom stereocenters. The first-order chi connectivity index (χ1) is 15.2. The summed E-state index contributed by atoms with van der Waals surface area (Å²) in [5.41, 5.74) is 7.20. The molecule has 2 amide bonds. The SMILES string of the molecule is CC(=O)N(C)Cc1ccc(S(N)(=O)=CCC(=O)Nc2c3c(cc4c2CCC4)CCC3)cc1. The fourth-order valence-electron chi connectivity index (χ4n) is 4.65. The van der Waals surface area contributed by atoms with E-state index in [1.165, 1.54) is 34.5 Å². The normalized spacial score (nSPS) is 16.1. The zero-order valence-corrected chi connectivity index (χ0v) is 19.6. The Kier molecular flexibility index (Phi) is 6.40. The summed E-state index contributed by atoms with van der Waals surface area (Å²) in [7, 11) is -1.22. The third-order valence-corrected chi connectivity index (χ3v) is 8.17. The Bertz CT molecular complexity index is 1150. The predicted molar refractivity (Wildman–Crippen MR) is 129 cm³/mol. The van der Waals surface area contributed by atoms with Crippen LogP contribution in [0.2, 0.25) is 0 Å². The second-order valence-electron chi connectivity index (χ2n) is 8.82. The van der Waals surface area contributed by atoms with E-state index in [2.05, 4.69) is 11.4 Å². The molecule has 4 rings (SSSR count). The number of carbonyl (C=O) groups is 2. The molecule has 32 heavy (non-hydrogen) atoms. The number of amides is 2. The lowest BCUT2D eigenvalue weighted by atomic mass is 9.98. The number of hydrogen-bond donors (Lipinski definition) is 2. The van der Waals surface area contributed by atoms with Gasteiger partial charge in [0, 0.05) is 31.1 Å². The molecule has 2 aromatic rings. The summed E-state index contributed by atoms with van der Waals surface area (Å²) in [4.78, 5) is 26.2. The number of rotatable bonds is 6. The van der Waals surface area contributed by atoms with Crippen LogP contribution in [0, 0.1) is 0 Å². The molecule has 2 aliphatic carbocycles. The van der Waals surface area contributed by atoms with Crippen LogP contribution in [0.3, 0.4) is 0 Å². The molecule has 0 fully saturated rings. The Morgan fingerprint density at radius 2 is 1.66 bits per heavy atom. The van der Waals surface area contributed by atoms with Crippen molar-refractivity contribution in [2.24, 2.45) is 5.14 Å². The second kappa shape index (κ2) is 9.08. The molecule has 2 aromatic carbocycles. The number of carbonyl (C=O) groups excluding carboxylic acids is 2. The minimum Gasteiger partial charge on any atom is -0.342 e. The molecule has 0 saturated carbocycles. The summed E-state index contributed by atoms with van der Waals surface area (Å²) < 4.78 is 13.0. The Morgan fingerprint density at radius 3 is 2.22 bits per heavy atom. The molecule has 2 aliphatic rings. The summed E-state index contributed by atoms with van der Waals surface area (Å²) in [6.07, 6.45) is 6.40. The Morgan fingerprint density at radius 1 is 1.06 bits per heavy atom. The Labute approximate surface area is 190 Å². The average Bonchev–Trinajstić information content (AvgIpc) is 3.42. The quantitative estimate of drug-likeness (QED) is 0.659. The molecule has 0 bridgehead atoms. The first-order valence-electron chi connectivity index (χ1n) is 11.2. The maximum atomic E-state index is 13.0. The molecule has 0 saturated heterocycles. The van der Waals surface area contributed by atoms with Gasteiger partial charge in [0.05, 0.1) is 16.1 Å². The third kappa shape index (κ3) is 4.74. The molecule has 0 heterocycles. The molecular formula is C25H31N3O3S. The Hall–Kier alpha value is -2.64. The number of benzene rings is 2. The monoisotopic (exact) mass is 453 g/mol. The van der Waals surface area contributed by atoms with Crippen molar-refractivity contribution in [3.8, 4) is 0 Å². The summed E-state index contributed by atoms with van der Waals surface area (Å²) >= 11 is 0. The van der Waals surface area contributed by atoms with Gasteiger partial charge in [0.1, 0.15) is 0 Å². The fourth-order valence-corrected chi connectivity index (χ4v) is 5.80. The van der Waals surface area contributed by atoms with E-state index in [0.29, 0.717) is 11.4 Å². The van der Waals surface area contributed by atoms with Gasteiger partial charge in [0.25, 0.3) is 0 Å². The first-order valence-corrected chi connectivity index (χ1v) is 12.9. The minimum absolute atomic E-state index is 0.0113. The topological polar surface area (TPSA) is 92.5 Å². The largest absolute Gasteiger partial charge is 0.342 e. The van der Waals surface area contributed by atoms with Gasteiger partial charge in [-0.05, 0) is 83.8 Å². The van der Waals surface area contributed by atoms with Crippen LogP contribution in [0.1, 0.15) is 54.0 Å². The van der Waals surface area contributed by atoms with E-state index in [0.717, 1.165) is 49.8 Å². The van der Waals surface area contributed by atoms with Crippen molar-refractivity contribution >= 4 is 32.6 Å². The van der Waals surface area contributed by atoms with Crippen molar-refractivity contribution < 1.29 is 13.8 Å². The van der Waals surface area contributed by atoms with E-state index in [9.17, 15) is 13.8 Å². The van der Waals surface area contributed by atoms with Crippen molar-refractivity contribution in [2.75, 3.05) is 12.4 Å². The standard InChI is InChI=1S/C25H31N3O3S/c1-17(29)28(2)16-18-9-11-21(12-10-18)32(26,31)14-13-24(30)27-25-22-7-3-5-19(22)15-20-6-4-8-23(20)25/h9-12,14-15H,3-8,13,16H2,1-2H3,(H2,26,31)(H,27,30). The molecule has 0 aliphatic heterocycles. The molecule has 0 aromatic heterocycles. The van der Waals surface area contributed by atoms with E-state index in [1.807, 2.05) is 12.1 Å². The molecule has 170 valence electrons. The lowest BCUT2D eigenvalue weighted by molar-refractivity contribution is -0.128. The third-order valence-electron chi connectivity index (χ3n) is 6.50. The van der Waals surface area contributed by atoms with Gasteiger partial charge in [-0.2, -0.15) is 0 Å². The lowest BCUT2D eigenvalue weighted by Crippen LogP contribution is -2.23. The van der Waals surface area contributed by atoms with Gasteiger partial charge in [-0.1, -0.05) is 18.2 Å². The number of fused-ring (bicyclic) bond motifs is 2.